The Bertz CT molecular complexity index is 414. The van der Waals surface area contributed by atoms with Crippen LogP contribution in [-0.4, -0.2) is 33.2 Å². The maximum atomic E-state index is 11.7. The number of carboxylic acids is 1. The number of carbonyl (C=O) groups is 2. The number of nitrogens with zero attached hydrogens (tertiary/aromatic N) is 1. The number of aromatic amines is 1. The zero-order valence-corrected chi connectivity index (χ0v) is 10.2. The van der Waals surface area contributed by atoms with E-state index in [-0.39, 0.29) is 11.6 Å². The summed E-state index contributed by atoms with van der Waals surface area (Å²) in [7, 11) is 0. The van der Waals surface area contributed by atoms with Crippen molar-refractivity contribution in [1.82, 2.24) is 15.5 Å². The Morgan fingerprint density at radius 3 is 2.65 bits per heavy atom. The van der Waals surface area contributed by atoms with Gasteiger partial charge in [0.15, 0.2) is 0 Å². The largest absolute Gasteiger partial charge is 0.480 e. The quantitative estimate of drug-likeness (QED) is 0.712. The SMILES string of the molecule is CCC(C)C(NC(=O)c1cc(C)[nH]n1)C(=O)O. The number of H-pyrrole nitrogens is 1. The van der Waals surface area contributed by atoms with Gasteiger partial charge in [-0.15, -0.1) is 0 Å². The van der Waals surface area contributed by atoms with E-state index in [1.165, 1.54) is 0 Å². The fraction of sp³-hybridized carbons (Fsp3) is 0.545. The van der Waals surface area contributed by atoms with Gasteiger partial charge in [0.25, 0.3) is 5.91 Å². The summed E-state index contributed by atoms with van der Waals surface area (Å²) in [5.74, 6) is -1.63. The summed E-state index contributed by atoms with van der Waals surface area (Å²) in [6.45, 7) is 5.44. The number of aliphatic carboxylic acids is 1. The fourth-order valence-corrected chi connectivity index (χ4v) is 1.43. The van der Waals surface area contributed by atoms with E-state index in [4.69, 9.17) is 5.11 Å². The molecule has 0 aliphatic rings. The molecular formula is C11H17N3O3. The third kappa shape index (κ3) is 3.30. The average Bonchev–Trinajstić information content (AvgIpc) is 2.71. The normalized spacial score (nSPS) is 14.1. The number of aryl methyl sites for hydroxylation is 1. The number of carboxylic acid groups (broad SMARTS) is 1. The molecule has 0 aliphatic heterocycles. The molecule has 0 spiro atoms. The molecule has 1 aromatic rings. The van der Waals surface area contributed by atoms with Crippen LogP contribution in [0.2, 0.25) is 0 Å². The third-order valence-electron chi connectivity index (χ3n) is 2.70. The maximum Gasteiger partial charge on any atom is 0.326 e. The standard InChI is InChI=1S/C11H17N3O3/c1-4-6(2)9(11(16)17)12-10(15)8-5-7(3)13-14-8/h5-6,9H,4H2,1-3H3,(H,12,15)(H,13,14)(H,16,17). The van der Waals surface area contributed by atoms with Gasteiger partial charge in [0.1, 0.15) is 11.7 Å². The molecule has 6 nitrogen and oxygen atoms in total. The van der Waals surface area contributed by atoms with Crippen molar-refractivity contribution in [3.63, 3.8) is 0 Å². The minimum atomic E-state index is -1.03. The Morgan fingerprint density at radius 2 is 2.24 bits per heavy atom. The molecule has 0 fully saturated rings. The molecule has 0 saturated carbocycles. The predicted octanol–water partition coefficient (Wildman–Crippen LogP) is 0.947. The second kappa shape index (κ2) is 5.47. The molecule has 2 unspecified atom stereocenters. The minimum absolute atomic E-state index is 0.128. The second-order valence-corrected chi connectivity index (χ2v) is 4.11. The van der Waals surface area contributed by atoms with Crippen molar-refractivity contribution in [3.8, 4) is 0 Å². The van der Waals surface area contributed by atoms with Gasteiger partial charge in [-0.1, -0.05) is 20.3 Å². The van der Waals surface area contributed by atoms with Crippen LogP contribution in [-0.2, 0) is 4.79 Å². The van der Waals surface area contributed by atoms with Gasteiger partial charge < -0.3 is 10.4 Å². The number of amides is 1. The van der Waals surface area contributed by atoms with Crippen LogP contribution in [0.1, 0.15) is 36.5 Å². The number of carbonyl (C=O) groups excluding carboxylic acids is 1. The molecule has 1 heterocycles. The van der Waals surface area contributed by atoms with Gasteiger partial charge in [0.05, 0.1) is 0 Å². The van der Waals surface area contributed by atoms with E-state index >= 15 is 0 Å². The second-order valence-electron chi connectivity index (χ2n) is 4.11. The molecular weight excluding hydrogens is 222 g/mol. The number of hydrogen-bond donors (Lipinski definition) is 3. The maximum absolute atomic E-state index is 11.7. The van der Waals surface area contributed by atoms with E-state index in [9.17, 15) is 9.59 Å². The number of aromatic nitrogens is 2. The van der Waals surface area contributed by atoms with Crippen LogP contribution in [0.25, 0.3) is 0 Å². The Balaban J connectivity index is 2.74. The van der Waals surface area contributed by atoms with Crippen LogP contribution in [0.4, 0.5) is 0 Å². The third-order valence-corrected chi connectivity index (χ3v) is 2.70. The number of hydrogen-bond acceptors (Lipinski definition) is 3. The summed E-state index contributed by atoms with van der Waals surface area (Å²) in [6, 6.07) is 0.690. The Labute approximate surface area is 99.4 Å². The lowest BCUT2D eigenvalue weighted by molar-refractivity contribution is -0.140. The molecule has 0 aliphatic carbocycles. The molecule has 0 bridgehead atoms. The molecule has 0 aromatic carbocycles. The monoisotopic (exact) mass is 239 g/mol. The van der Waals surface area contributed by atoms with Gasteiger partial charge >= 0.3 is 5.97 Å². The van der Waals surface area contributed by atoms with Gasteiger partial charge in [0.2, 0.25) is 0 Å². The van der Waals surface area contributed by atoms with Gasteiger partial charge in [-0.3, -0.25) is 9.89 Å². The van der Waals surface area contributed by atoms with Crippen LogP contribution in [0, 0.1) is 12.8 Å². The van der Waals surface area contributed by atoms with E-state index in [0.717, 1.165) is 5.69 Å². The summed E-state index contributed by atoms with van der Waals surface area (Å²) in [6.07, 6.45) is 0.677. The van der Waals surface area contributed by atoms with Crippen molar-refractivity contribution >= 4 is 11.9 Å². The van der Waals surface area contributed by atoms with Gasteiger partial charge in [-0.05, 0) is 18.9 Å². The highest BCUT2D eigenvalue weighted by atomic mass is 16.4. The lowest BCUT2D eigenvalue weighted by Crippen LogP contribution is -2.45. The summed E-state index contributed by atoms with van der Waals surface area (Å²) >= 11 is 0. The molecule has 1 rings (SSSR count). The van der Waals surface area contributed by atoms with Crippen molar-refractivity contribution in [2.75, 3.05) is 0 Å². The first-order valence-corrected chi connectivity index (χ1v) is 5.51. The summed E-state index contributed by atoms with van der Waals surface area (Å²) < 4.78 is 0. The lowest BCUT2D eigenvalue weighted by Gasteiger charge is -2.19. The highest BCUT2D eigenvalue weighted by Crippen LogP contribution is 2.09. The summed E-state index contributed by atoms with van der Waals surface area (Å²) in [5.41, 5.74) is 0.961. The topological polar surface area (TPSA) is 95.1 Å². The molecule has 6 heteroatoms. The molecule has 94 valence electrons. The van der Waals surface area contributed by atoms with Crippen molar-refractivity contribution in [1.29, 1.82) is 0 Å². The van der Waals surface area contributed by atoms with Crippen LogP contribution in [0.15, 0.2) is 6.07 Å². The first-order chi connectivity index (χ1) is 7.95. The number of rotatable bonds is 5. The van der Waals surface area contributed by atoms with Crippen LogP contribution < -0.4 is 5.32 Å². The van der Waals surface area contributed by atoms with Crippen molar-refractivity contribution < 1.29 is 14.7 Å². The van der Waals surface area contributed by atoms with Gasteiger partial charge in [-0.25, -0.2) is 4.79 Å². The highest BCUT2D eigenvalue weighted by molar-refractivity contribution is 5.95. The van der Waals surface area contributed by atoms with Crippen molar-refractivity contribution in [2.24, 2.45) is 5.92 Å². The van der Waals surface area contributed by atoms with E-state index in [2.05, 4.69) is 15.5 Å². The minimum Gasteiger partial charge on any atom is -0.480 e. The van der Waals surface area contributed by atoms with E-state index in [1.807, 2.05) is 6.92 Å². The van der Waals surface area contributed by atoms with Crippen LogP contribution in [0.3, 0.4) is 0 Å². The average molecular weight is 239 g/mol. The van der Waals surface area contributed by atoms with Crippen LogP contribution >= 0.6 is 0 Å². The first-order valence-electron chi connectivity index (χ1n) is 5.51. The fourth-order valence-electron chi connectivity index (χ4n) is 1.43. The van der Waals surface area contributed by atoms with Crippen molar-refractivity contribution in [3.05, 3.63) is 17.5 Å². The molecule has 1 aromatic heterocycles. The summed E-state index contributed by atoms with van der Waals surface area (Å²) in [5, 5.41) is 17.9. The number of nitrogens with one attached hydrogen (secondary N) is 2. The first kappa shape index (κ1) is 13.2. The van der Waals surface area contributed by atoms with E-state index in [1.54, 1.807) is 19.9 Å². The Kier molecular flexibility index (Phi) is 4.25. The zero-order valence-electron chi connectivity index (χ0n) is 10.2. The van der Waals surface area contributed by atoms with E-state index in [0.29, 0.717) is 6.42 Å². The predicted molar refractivity (Wildman–Crippen MR) is 61.7 cm³/mol. The molecule has 0 saturated heterocycles. The lowest BCUT2D eigenvalue weighted by atomic mass is 9.99. The van der Waals surface area contributed by atoms with Crippen molar-refractivity contribution in [2.45, 2.75) is 33.2 Å². The molecule has 17 heavy (non-hydrogen) atoms. The molecule has 0 radical (unpaired) electrons. The highest BCUT2D eigenvalue weighted by Gasteiger charge is 2.26. The molecule has 3 N–H and O–H groups in total. The Morgan fingerprint density at radius 1 is 1.59 bits per heavy atom. The van der Waals surface area contributed by atoms with Gasteiger partial charge in [0, 0.05) is 5.69 Å². The zero-order chi connectivity index (χ0) is 13.0. The summed E-state index contributed by atoms with van der Waals surface area (Å²) in [4.78, 5) is 22.8. The molecule has 2 atom stereocenters. The van der Waals surface area contributed by atoms with Crippen LogP contribution in [0.5, 0.6) is 0 Å². The van der Waals surface area contributed by atoms with Gasteiger partial charge in [-0.2, -0.15) is 5.10 Å². The Hall–Kier alpha value is -1.85. The van der Waals surface area contributed by atoms with E-state index < -0.39 is 17.9 Å². The molecule has 1 amide bonds. The smallest absolute Gasteiger partial charge is 0.326 e.